The first-order chi connectivity index (χ1) is 31.9. The molecule has 3 N–H and O–H groups in total. The Labute approximate surface area is 400 Å². The maximum Gasteiger partial charge on any atom is 0.407 e. The van der Waals surface area contributed by atoms with Gasteiger partial charge in [-0.25, -0.2) is 9.59 Å². The lowest BCUT2D eigenvalue weighted by Gasteiger charge is -2.36. The average molecular weight is 964 g/mol. The number of ether oxygens (including phenoxy) is 2. The minimum atomic E-state index is -4.16. The molecular formula is C52H61N3O9S2Si. The van der Waals surface area contributed by atoms with Crippen LogP contribution < -0.4 is 16.0 Å². The average Bonchev–Trinajstić information content (AvgIpc) is 3.62. The summed E-state index contributed by atoms with van der Waals surface area (Å²) in [6, 6.07) is 41.9. The third kappa shape index (κ3) is 13.0. The highest BCUT2D eigenvalue weighted by atomic mass is 32.2. The van der Waals surface area contributed by atoms with Crippen molar-refractivity contribution in [3.05, 3.63) is 167 Å². The predicted molar refractivity (Wildman–Crippen MR) is 267 cm³/mol. The number of fused-ring (bicyclic) bond motifs is 3. The van der Waals surface area contributed by atoms with E-state index >= 15 is 0 Å². The summed E-state index contributed by atoms with van der Waals surface area (Å²) in [5.41, 5.74) is 6.83. The van der Waals surface area contributed by atoms with Gasteiger partial charge in [0.25, 0.3) is 10.1 Å². The van der Waals surface area contributed by atoms with Crippen LogP contribution in [0, 0.1) is 5.92 Å². The van der Waals surface area contributed by atoms with E-state index in [0.717, 1.165) is 45.2 Å². The van der Waals surface area contributed by atoms with Crippen molar-refractivity contribution in [3.8, 4) is 11.1 Å². The maximum atomic E-state index is 14.9. The zero-order valence-corrected chi connectivity index (χ0v) is 41.7. The van der Waals surface area contributed by atoms with E-state index in [0.29, 0.717) is 6.04 Å². The first-order valence-electron chi connectivity index (χ1n) is 22.5. The summed E-state index contributed by atoms with van der Waals surface area (Å²) >= 11 is 1.40. The molecule has 0 fully saturated rings. The van der Waals surface area contributed by atoms with Crippen LogP contribution in [0.5, 0.6) is 0 Å². The molecule has 67 heavy (non-hydrogen) atoms. The molecular weight excluding hydrogens is 903 g/mol. The Hall–Kier alpha value is -5.74. The van der Waals surface area contributed by atoms with E-state index in [-0.39, 0.29) is 24.9 Å². The monoisotopic (exact) mass is 963 g/mol. The van der Waals surface area contributed by atoms with Crippen LogP contribution in [0.3, 0.4) is 0 Å². The summed E-state index contributed by atoms with van der Waals surface area (Å²) < 4.78 is 41.0. The number of alkyl carbamates (subject to hydrolysis) is 1. The number of thioether (sulfide) groups is 1. The number of amides is 3. The topological polar surface area (TPSA) is 166 Å². The van der Waals surface area contributed by atoms with Crippen molar-refractivity contribution >= 4 is 53.8 Å². The lowest BCUT2D eigenvalue weighted by atomic mass is 9.84. The Balaban J connectivity index is 1.34. The van der Waals surface area contributed by atoms with Gasteiger partial charge in [0.15, 0.2) is 0 Å². The molecule has 0 heterocycles. The van der Waals surface area contributed by atoms with Crippen molar-refractivity contribution in [1.82, 2.24) is 16.0 Å². The minimum Gasteiger partial charge on any atom is -0.464 e. The lowest BCUT2D eigenvalue weighted by molar-refractivity contribution is -0.149. The Bertz CT molecular complexity index is 2450. The van der Waals surface area contributed by atoms with E-state index in [1.807, 2.05) is 140 Å². The van der Waals surface area contributed by atoms with Gasteiger partial charge in [-0.2, -0.15) is 8.42 Å². The van der Waals surface area contributed by atoms with E-state index in [9.17, 15) is 27.6 Å². The van der Waals surface area contributed by atoms with Crippen LogP contribution in [0.15, 0.2) is 140 Å². The zero-order valence-electron chi connectivity index (χ0n) is 39.1. The smallest absolute Gasteiger partial charge is 0.407 e. The van der Waals surface area contributed by atoms with E-state index in [4.69, 9.17) is 13.7 Å². The van der Waals surface area contributed by atoms with Gasteiger partial charge in [0, 0.05) is 19.7 Å². The summed E-state index contributed by atoms with van der Waals surface area (Å²) in [6.07, 6.45) is -1.49. The van der Waals surface area contributed by atoms with Crippen LogP contribution in [0.2, 0.25) is 25.7 Å². The molecule has 15 heteroatoms. The largest absolute Gasteiger partial charge is 0.464 e. The molecule has 354 valence electrons. The second-order valence-corrected chi connectivity index (χ2v) is 26.8. The van der Waals surface area contributed by atoms with Crippen LogP contribution in [-0.4, -0.2) is 89.8 Å². The Morgan fingerprint density at radius 1 is 0.642 bits per heavy atom. The molecule has 0 radical (unpaired) electrons. The molecule has 0 spiro atoms. The first kappa shape index (κ1) is 50.7. The molecule has 12 nitrogen and oxygen atoms in total. The van der Waals surface area contributed by atoms with Crippen molar-refractivity contribution in [1.29, 1.82) is 0 Å². The fourth-order valence-corrected chi connectivity index (χ4v) is 11.1. The Kier molecular flexibility index (Phi) is 16.9. The van der Waals surface area contributed by atoms with Crippen molar-refractivity contribution < 1.29 is 41.3 Å². The third-order valence-corrected chi connectivity index (χ3v) is 15.6. The van der Waals surface area contributed by atoms with Crippen LogP contribution in [0.1, 0.15) is 54.5 Å². The third-order valence-electron chi connectivity index (χ3n) is 11.7. The summed E-state index contributed by atoms with van der Waals surface area (Å²) in [5.74, 6) is -3.14. The van der Waals surface area contributed by atoms with E-state index in [2.05, 4.69) is 35.6 Å². The van der Waals surface area contributed by atoms with Gasteiger partial charge in [0.2, 0.25) is 11.8 Å². The van der Waals surface area contributed by atoms with Gasteiger partial charge in [0.1, 0.15) is 30.8 Å². The van der Waals surface area contributed by atoms with Crippen molar-refractivity contribution in [2.75, 3.05) is 25.2 Å². The number of rotatable bonds is 21. The van der Waals surface area contributed by atoms with Gasteiger partial charge >= 0.3 is 12.1 Å². The summed E-state index contributed by atoms with van der Waals surface area (Å²) in [6.45, 7) is 11.4. The molecule has 0 bridgehead atoms. The predicted octanol–water partition coefficient (Wildman–Crippen LogP) is 8.49. The van der Waals surface area contributed by atoms with E-state index in [1.54, 1.807) is 13.8 Å². The lowest BCUT2D eigenvalue weighted by Crippen LogP contribution is -2.60. The van der Waals surface area contributed by atoms with Gasteiger partial charge in [-0.3, -0.25) is 13.8 Å². The normalized spacial score (nSPS) is 14.4. The maximum absolute atomic E-state index is 14.9. The number of hydrogen-bond acceptors (Lipinski definition) is 10. The Morgan fingerprint density at radius 3 is 1.57 bits per heavy atom. The number of carbonyl (C=O) groups is 4. The molecule has 5 aromatic carbocycles. The molecule has 1 aliphatic rings. The van der Waals surface area contributed by atoms with Gasteiger partial charge in [-0.05, 0) is 57.8 Å². The zero-order chi connectivity index (χ0) is 48.4. The van der Waals surface area contributed by atoms with Crippen LogP contribution in [-0.2, 0) is 42.9 Å². The van der Waals surface area contributed by atoms with Crippen molar-refractivity contribution in [2.24, 2.45) is 5.92 Å². The molecule has 1 aliphatic carbocycles. The summed E-state index contributed by atoms with van der Waals surface area (Å²) in [4.78, 5) is 56.7. The molecule has 5 aromatic rings. The van der Waals surface area contributed by atoms with Crippen LogP contribution >= 0.6 is 11.8 Å². The number of nitrogens with one attached hydrogen (secondary N) is 3. The van der Waals surface area contributed by atoms with Crippen molar-refractivity contribution in [3.63, 3.8) is 0 Å². The highest BCUT2D eigenvalue weighted by Crippen LogP contribution is 2.49. The van der Waals surface area contributed by atoms with E-state index in [1.165, 1.54) is 18.7 Å². The van der Waals surface area contributed by atoms with Crippen molar-refractivity contribution in [2.45, 2.75) is 81.4 Å². The highest BCUT2D eigenvalue weighted by Gasteiger charge is 2.41. The quantitative estimate of drug-likeness (QED) is 0.0281. The van der Waals surface area contributed by atoms with Gasteiger partial charge in [-0.1, -0.05) is 173 Å². The molecule has 0 unspecified atom stereocenters. The molecule has 0 saturated heterocycles. The first-order valence-corrected chi connectivity index (χ1v) is 29.0. The Morgan fingerprint density at radius 2 is 1.10 bits per heavy atom. The number of carbonyl (C=O) groups excluding carboxylic acids is 4. The van der Waals surface area contributed by atoms with Crippen LogP contribution in [0.25, 0.3) is 11.1 Å². The summed E-state index contributed by atoms with van der Waals surface area (Å²) in [7, 11) is -5.72. The van der Waals surface area contributed by atoms with Gasteiger partial charge < -0.3 is 25.4 Å². The highest BCUT2D eigenvalue weighted by molar-refractivity contribution is 8.00. The molecule has 6 rings (SSSR count). The fourth-order valence-electron chi connectivity index (χ4n) is 8.21. The summed E-state index contributed by atoms with van der Waals surface area (Å²) in [5, 5.41) is 8.20. The van der Waals surface area contributed by atoms with Gasteiger partial charge in [-0.15, -0.1) is 11.8 Å². The second kappa shape index (κ2) is 22.4. The minimum absolute atomic E-state index is 0.0295. The van der Waals surface area contributed by atoms with E-state index < -0.39 is 77.0 Å². The number of esters is 1. The molecule has 4 atom stereocenters. The molecule has 3 amide bonds. The number of benzene rings is 5. The molecule has 0 aliphatic heterocycles. The van der Waals surface area contributed by atoms with Gasteiger partial charge in [0.05, 0.1) is 17.6 Å². The fraction of sp³-hybridized carbons (Fsp3) is 0.346. The SMILES string of the molecule is CC(C)[C@H](NC(=O)[C@@H](NC(=O)[C@@H](CSC(c1ccccc1)(c1ccccc1)c1ccccc1)NC(=O)OCC1c2ccccc2-c2ccccc21)[C@@H](C)OS(C)(=O)=O)C(=O)OCC[Si](C)(C)C. The standard InChI is InChI=1S/C52H61N3O9S2Si/c1-35(2)46(50(58)62-31-32-67(5,6)7)54-49(57)47(36(3)64-66(4,60)61)55-48(56)45(53-51(59)63-33-44-42-29-19-17-27-40(42)41-28-18-20-30-43(41)44)34-65-52(37-21-11-8-12-22-37,38-23-13-9-14-24-38)39-25-15-10-16-26-39/h8-30,35-36,44-47H,31-34H2,1-7H3,(H,53,59)(H,54,57)(H,55,56)/t36-,45-,46+,47+/m1/s1. The molecule has 0 saturated carbocycles. The number of hydrogen-bond donors (Lipinski definition) is 3. The molecule has 0 aromatic heterocycles. The second-order valence-electron chi connectivity index (χ2n) is 18.3. The van der Waals surface area contributed by atoms with Crippen LogP contribution in [0.4, 0.5) is 4.79 Å².